The molecule has 0 bridgehead atoms. The maximum absolute atomic E-state index is 12.2. The third-order valence-corrected chi connectivity index (χ3v) is 7.10. The smallest absolute Gasteiger partial charge is 0.343 e. The average Bonchev–Trinajstić information content (AvgIpc) is 3.00. The number of hydrogen-bond donors (Lipinski definition) is 5. The van der Waals surface area contributed by atoms with E-state index in [1.807, 2.05) is 50.2 Å². The first-order valence-electron chi connectivity index (χ1n) is 14.9. The van der Waals surface area contributed by atoms with E-state index in [-0.39, 0.29) is 49.2 Å². The van der Waals surface area contributed by atoms with Crippen molar-refractivity contribution in [2.24, 2.45) is 0 Å². The fraction of sp³-hybridized carbons (Fsp3) is 0.500. The largest absolute Gasteiger partial charge is 0.389 e. The Morgan fingerprint density at radius 2 is 1.23 bits per heavy atom. The molecule has 1 atom stereocenters. The van der Waals surface area contributed by atoms with Crippen molar-refractivity contribution >= 4 is 39.2 Å². The molecule has 0 radical (unpaired) electrons. The number of aryl methyl sites for hydroxylation is 2. The van der Waals surface area contributed by atoms with Crippen LogP contribution >= 0.6 is 9.84 Å². The second kappa shape index (κ2) is 19.9. The third kappa shape index (κ3) is 15.6. The number of rotatable bonds is 6. The average molecular weight is 865 g/mol. The normalized spacial score (nSPS) is 15.5. The molecule has 9 nitrogen and oxygen atoms in total. The van der Waals surface area contributed by atoms with E-state index in [0.29, 0.717) is 37.7 Å². The van der Waals surface area contributed by atoms with Gasteiger partial charge in [0.25, 0.3) is 0 Å². The molecule has 2 aliphatic rings. The minimum Gasteiger partial charge on any atom is -0.343 e. The van der Waals surface area contributed by atoms with Crippen molar-refractivity contribution in [1.82, 2.24) is 20.9 Å². The number of benzene rings is 2. The van der Waals surface area contributed by atoms with E-state index in [0.717, 1.165) is 37.2 Å². The molecule has 2 aromatic carbocycles. The number of carbonyl (C=O) groups excluding carboxylic acids is 3. The quantitative estimate of drug-likeness (QED) is 0.252. The first-order chi connectivity index (χ1) is 21.0. The third-order valence-electron chi connectivity index (χ3n) is 7.10. The molecule has 2 saturated heterocycles. The van der Waals surface area contributed by atoms with Crippen LogP contribution in [0.25, 0.3) is 0 Å². The molecule has 2 fully saturated rings. The standard InChI is InChI=1S/C17H22F3N3O2.C13H19N3O.H3P.U/c1-12-2-4-13(5-3-12)21-16(25)22-14-7-10-23(11-8-14)15(24)6-9-17(18,19)20;1-10-2-4-11(5-3-10)15-13(17)16-12-6-8-14-9-7-12;;/h2-5,14H,6-11H2,1H3,(H2,21,22,25);2-5,12,14H,6-9H2,1H3,(H2,15,16,17);1H3;/i;;1T;. The fourth-order valence-corrected chi connectivity index (χ4v) is 4.63. The zero-order valence-corrected chi connectivity index (χ0v) is 30.5. The van der Waals surface area contributed by atoms with Gasteiger partial charge in [-0.1, -0.05) is 35.4 Å². The predicted molar refractivity (Wildman–Crippen MR) is 169 cm³/mol. The fourth-order valence-electron chi connectivity index (χ4n) is 4.63. The van der Waals surface area contributed by atoms with Gasteiger partial charge in [0.2, 0.25) is 5.91 Å². The van der Waals surface area contributed by atoms with E-state index >= 15 is 0 Å². The summed E-state index contributed by atoms with van der Waals surface area (Å²) in [5.41, 5.74) is 3.80. The SMILES string of the molecule is Cc1ccc(NC(=O)NC2CCN(C(=O)CCC(F)(F)F)CC2)cc1.Cc1ccc(NC(=O)NC2CCNCC2)cc1.[3H]P.[U]. The summed E-state index contributed by atoms with van der Waals surface area (Å²) in [5, 5.41) is 14.7. The van der Waals surface area contributed by atoms with Gasteiger partial charge in [0.05, 0.1) is 7.70 Å². The first kappa shape index (κ1) is 37.9. The predicted octanol–water partition coefficient (Wildman–Crippen LogP) is 5.38. The van der Waals surface area contributed by atoms with Crippen LogP contribution in [-0.4, -0.2) is 68.6 Å². The minimum absolute atomic E-state index is 0. The molecule has 5 N–H and O–H groups in total. The summed E-state index contributed by atoms with van der Waals surface area (Å²) in [7, 11) is 1.67. The Morgan fingerprint density at radius 1 is 0.818 bits per heavy atom. The summed E-state index contributed by atoms with van der Waals surface area (Å²) >= 11 is 0. The number of amides is 5. The molecule has 2 heterocycles. The number of piperidine rings is 2. The van der Waals surface area contributed by atoms with Gasteiger partial charge in [-0.25, -0.2) is 9.59 Å². The van der Waals surface area contributed by atoms with Gasteiger partial charge in [0.1, 0.15) is 0 Å². The van der Waals surface area contributed by atoms with E-state index in [2.05, 4.69) is 26.6 Å². The molecule has 4 rings (SSSR count). The Labute approximate surface area is 285 Å². The van der Waals surface area contributed by atoms with Crippen LogP contribution in [0.2, 0.25) is 0 Å². The monoisotopic (exact) mass is 864 g/mol. The Bertz CT molecular complexity index is 1170. The zero-order valence-electron chi connectivity index (χ0n) is 26.2. The number of hydrogen-bond acceptors (Lipinski definition) is 4. The van der Waals surface area contributed by atoms with Crippen LogP contribution in [0, 0.1) is 45.0 Å². The summed E-state index contributed by atoms with van der Waals surface area (Å²) in [6, 6.07) is 14.9. The van der Waals surface area contributed by atoms with Crippen LogP contribution in [0.15, 0.2) is 48.5 Å². The van der Waals surface area contributed by atoms with Gasteiger partial charge in [-0.15, -0.1) is 0 Å². The minimum atomic E-state index is -4.32. The van der Waals surface area contributed by atoms with Crippen LogP contribution in [0.1, 0.15) is 49.7 Å². The number of likely N-dealkylation sites (tertiary alicyclic amines) is 1. The van der Waals surface area contributed by atoms with Crippen molar-refractivity contribution in [2.75, 3.05) is 36.8 Å². The molecule has 44 heavy (non-hydrogen) atoms. The summed E-state index contributed by atoms with van der Waals surface area (Å²) in [5.74, 6) is -0.486. The molecule has 0 aromatic heterocycles. The van der Waals surface area contributed by atoms with Gasteiger partial charge < -0.3 is 31.5 Å². The maximum Gasteiger partial charge on any atom is 0.389 e. The molecule has 242 valence electrons. The molecular weight excluding hydrogens is 818 g/mol. The molecule has 1 unspecified atom stereocenters. The summed E-state index contributed by atoms with van der Waals surface area (Å²) in [6.45, 7) is 6.65. The van der Waals surface area contributed by atoms with E-state index in [9.17, 15) is 27.6 Å². The zero-order chi connectivity index (χ0) is 32.5. The van der Waals surface area contributed by atoms with E-state index < -0.39 is 24.9 Å². The second-order valence-electron chi connectivity index (χ2n) is 10.7. The summed E-state index contributed by atoms with van der Waals surface area (Å²) in [4.78, 5) is 36.9. The van der Waals surface area contributed by atoms with Crippen LogP contribution in [0.3, 0.4) is 0 Å². The van der Waals surface area contributed by atoms with E-state index in [1.54, 1.807) is 22.0 Å². The topological polar surface area (TPSA) is 115 Å². The summed E-state index contributed by atoms with van der Waals surface area (Å²) < 4.78 is 42.2. The van der Waals surface area contributed by atoms with Crippen molar-refractivity contribution in [3.63, 3.8) is 0 Å². The second-order valence-corrected chi connectivity index (χ2v) is 10.7. The van der Waals surface area contributed by atoms with E-state index in [1.165, 1.54) is 10.5 Å². The molecular formula is C30H44F3N6O3PU. The van der Waals surface area contributed by atoms with Crippen molar-refractivity contribution in [3.8, 4) is 0 Å². The maximum atomic E-state index is 12.2. The number of nitrogens with zero attached hydrogens (tertiary/aromatic N) is 1. The molecule has 0 spiro atoms. The van der Waals surface area contributed by atoms with E-state index in [4.69, 9.17) is 1.28 Å². The van der Waals surface area contributed by atoms with Gasteiger partial charge >= 0.3 is 18.2 Å². The Morgan fingerprint density at radius 3 is 1.64 bits per heavy atom. The van der Waals surface area contributed by atoms with Crippen molar-refractivity contribution in [3.05, 3.63) is 59.7 Å². The summed E-state index contributed by atoms with van der Waals surface area (Å²) in [6.07, 6.45) is -2.87. The van der Waals surface area contributed by atoms with Crippen LogP contribution < -0.4 is 26.6 Å². The Hall–Kier alpha value is -2.32. The number of nitrogens with one attached hydrogen (secondary N) is 5. The number of carbonyl (C=O) groups is 3. The van der Waals surface area contributed by atoms with Gasteiger partial charge in [-0.2, -0.15) is 23.0 Å². The van der Waals surface area contributed by atoms with Gasteiger partial charge in [-0.05, 0) is 76.9 Å². The first-order valence-corrected chi connectivity index (χ1v) is 14.3. The molecule has 0 aliphatic carbocycles. The van der Waals surface area contributed by atoms with Crippen molar-refractivity contribution in [1.29, 1.82) is 1.28 Å². The molecule has 0 saturated carbocycles. The van der Waals surface area contributed by atoms with Gasteiger partial charge in [0.15, 0.2) is 0 Å². The van der Waals surface area contributed by atoms with Crippen molar-refractivity contribution < 1.29 is 58.7 Å². The molecule has 2 aliphatic heterocycles. The molecule has 5 amide bonds. The molecule has 14 heteroatoms. The van der Waals surface area contributed by atoms with Crippen LogP contribution in [0.4, 0.5) is 34.1 Å². The number of anilines is 2. The Balaban J connectivity index is 0.000000442. The Kier molecular flexibility index (Phi) is 17.2. The number of urea groups is 2. The van der Waals surface area contributed by atoms with Crippen molar-refractivity contribution in [2.45, 2.75) is 70.6 Å². The van der Waals surface area contributed by atoms with Gasteiger partial charge in [-0.3, -0.25) is 4.79 Å². The molecule has 2 aromatic rings. The number of halogens is 3. The van der Waals surface area contributed by atoms with Gasteiger partial charge in [0, 0.05) is 74.1 Å². The van der Waals surface area contributed by atoms with Crippen LogP contribution in [0.5, 0.6) is 0 Å². The van der Waals surface area contributed by atoms with Crippen LogP contribution in [-0.2, 0) is 4.79 Å². The number of alkyl halides is 3.